The minimum absolute atomic E-state index is 0.557. The molecule has 3 aliphatic rings. The molecule has 292 valence electrons. The summed E-state index contributed by atoms with van der Waals surface area (Å²) < 4.78 is 0. The molecular weight excluding hydrogens is 609 g/mol. The van der Waals surface area contributed by atoms with E-state index in [9.17, 15) is 9.59 Å². The molecule has 50 heavy (non-hydrogen) atoms. The third-order valence-electron chi connectivity index (χ3n) is 14.0. The van der Waals surface area contributed by atoms with E-state index in [0.717, 1.165) is 38.5 Å². The van der Waals surface area contributed by atoms with Gasteiger partial charge in [-0.1, -0.05) is 168 Å². The molecule has 3 aliphatic carbocycles. The Morgan fingerprint density at radius 3 is 0.880 bits per heavy atom. The Bertz CT molecular complexity index is 764. The highest BCUT2D eigenvalue weighted by molar-refractivity contribution is 5.79. The molecule has 2 heteroatoms. The Balaban J connectivity index is 1.10. The monoisotopic (exact) mass is 697 g/mol. The van der Waals surface area contributed by atoms with Crippen molar-refractivity contribution in [2.75, 3.05) is 0 Å². The van der Waals surface area contributed by atoms with Crippen molar-refractivity contribution < 1.29 is 9.59 Å². The fraction of sp³-hybridized carbons (Fsp3) is 0.958. The zero-order valence-electron chi connectivity index (χ0n) is 34.3. The molecule has 3 fully saturated rings. The van der Waals surface area contributed by atoms with Crippen molar-refractivity contribution in [3.05, 3.63) is 0 Å². The van der Waals surface area contributed by atoms with Gasteiger partial charge in [0.15, 0.2) is 0 Å². The topological polar surface area (TPSA) is 34.1 Å². The van der Waals surface area contributed by atoms with Gasteiger partial charge < -0.3 is 0 Å². The molecule has 3 rings (SSSR count). The molecule has 0 radical (unpaired) electrons. The van der Waals surface area contributed by atoms with Gasteiger partial charge in [-0.2, -0.15) is 0 Å². The number of carbonyl (C=O) groups excluding carboxylic acids is 2. The first kappa shape index (κ1) is 43.7. The van der Waals surface area contributed by atoms with Crippen LogP contribution in [0.15, 0.2) is 0 Å². The number of carbonyl (C=O) groups is 2. The maximum atomic E-state index is 12.8. The molecule has 0 bridgehead atoms. The van der Waals surface area contributed by atoms with Gasteiger partial charge >= 0.3 is 0 Å². The summed E-state index contributed by atoms with van der Waals surface area (Å²) in [6.45, 7) is 4.59. The number of hydrogen-bond acceptors (Lipinski definition) is 2. The minimum Gasteiger partial charge on any atom is -0.300 e. The fourth-order valence-corrected chi connectivity index (χ4v) is 10.8. The van der Waals surface area contributed by atoms with Crippen LogP contribution in [0.1, 0.15) is 271 Å². The van der Waals surface area contributed by atoms with Gasteiger partial charge in [0.1, 0.15) is 11.6 Å². The maximum absolute atomic E-state index is 12.8. The molecule has 0 aromatic rings. The van der Waals surface area contributed by atoms with Crippen LogP contribution in [0.25, 0.3) is 0 Å². The van der Waals surface area contributed by atoms with Gasteiger partial charge in [0.05, 0.1) is 0 Å². The van der Waals surface area contributed by atoms with Crippen LogP contribution in [0.2, 0.25) is 0 Å². The summed E-state index contributed by atoms with van der Waals surface area (Å²) in [5, 5.41) is 0. The third kappa shape index (κ3) is 18.9. The van der Waals surface area contributed by atoms with Gasteiger partial charge in [-0.3, -0.25) is 9.59 Å². The standard InChI is InChI=1S/C48H88O2/c1-3-5-7-9-11-13-15-17-19-21-23-25-27-29-45(49)39-43-31-35-47(36-32-43)41-48(42-47)37-33-44(34-38-48)40-46(50)30-28-26-24-22-20-18-16-14-12-10-8-6-4-2/h43-44H,3-42H2,1-2H3/t43-,44-,47?,48?. The summed E-state index contributed by atoms with van der Waals surface area (Å²) in [6, 6.07) is 0. The molecule has 0 aliphatic heterocycles. The van der Waals surface area contributed by atoms with Crippen LogP contribution in [0.3, 0.4) is 0 Å². The predicted octanol–water partition coefficient (Wildman–Crippen LogP) is 16.0. The van der Waals surface area contributed by atoms with Crippen molar-refractivity contribution in [3.63, 3.8) is 0 Å². The van der Waals surface area contributed by atoms with E-state index in [0.29, 0.717) is 34.2 Å². The van der Waals surface area contributed by atoms with Crippen LogP contribution < -0.4 is 0 Å². The predicted molar refractivity (Wildman–Crippen MR) is 218 cm³/mol. The summed E-state index contributed by atoms with van der Waals surface area (Å²) in [5.41, 5.74) is 1.23. The lowest BCUT2D eigenvalue weighted by atomic mass is 9.44. The van der Waals surface area contributed by atoms with Crippen molar-refractivity contribution in [1.82, 2.24) is 0 Å². The first-order chi connectivity index (χ1) is 24.5. The second-order valence-electron chi connectivity index (χ2n) is 18.7. The first-order valence-electron chi connectivity index (χ1n) is 23.5. The highest BCUT2D eigenvalue weighted by Crippen LogP contribution is 2.67. The quantitative estimate of drug-likeness (QED) is 0.0656. The molecule has 0 N–H and O–H groups in total. The largest absolute Gasteiger partial charge is 0.300 e. The van der Waals surface area contributed by atoms with E-state index in [1.54, 1.807) is 0 Å². The zero-order chi connectivity index (χ0) is 35.6. The number of unbranched alkanes of at least 4 members (excludes halogenated alkanes) is 24. The number of Topliss-reactive ketones (excluding diaryl/α,β-unsaturated/α-hetero) is 2. The van der Waals surface area contributed by atoms with Gasteiger partial charge in [-0.25, -0.2) is 0 Å². The Morgan fingerprint density at radius 1 is 0.380 bits per heavy atom. The van der Waals surface area contributed by atoms with E-state index < -0.39 is 0 Å². The molecule has 0 atom stereocenters. The lowest BCUT2D eigenvalue weighted by Gasteiger charge is -2.61. The molecule has 0 saturated heterocycles. The second-order valence-corrected chi connectivity index (χ2v) is 18.7. The van der Waals surface area contributed by atoms with Crippen molar-refractivity contribution >= 4 is 11.6 Å². The lowest BCUT2D eigenvalue weighted by molar-refractivity contribution is -0.124. The lowest BCUT2D eigenvalue weighted by Crippen LogP contribution is -2.50. The van der Waals surface area contributed by atoms with Crippen LogP contribution in [-0.4, -0.2) is 11.6 Å². The Labute approximate surface area is 313 Å². The van der Waals surface area contributed by atoms with Crippen LogP contribution in [0.4, 0.5) is 0 Å². The van der Waals surface area contributed by atoms with E-state index in [1.807, 2.05) is 0 Å². The van der Waals surface area contributed by atoms with Crippen molar-refractivity contribution in [3.8, 4) is 0 Å². The molecule has 2 nitrogen and oxygen atoms in total. The van der Waals surface area contributed by atoms with Crippen molar-refractivity contribution in [2.24, 2.45) is 22.7 Å². The number of rotatable bonds is 32. The highest BCUT2D eigenvalue weighted by Gasteiger charge is 2.55. The molecule has 3 saturated carbocycles. The van der Waals surface area contributed by atoms with Gasteiger partial charge in [0, 0.05) is 25.7 Å². The Hall–Kier alpha value is -0.660. The summed E-state index contributed by atoms with van der Waals surface area (Å²) >= 11 is 0. The van der Waals surface area contributed by atoms with Crippen LogP contribution >= 0.6 is 0 Å². The smallest absolute Gasteiger partial charge is 0.133 e. The Kier molecular flexibility index (Phi) is 23.6. The maximum Gasteiger partial charge on any atom is 0.133 e. The summed E-state index contributed by atoms with van der Waals surface area (Å²) in [5.74, 6) is 2.45. The van der Waals surface area contributed by atoms with Gasteiger partial charge in [-0.15, -0.1) is 0 Å². The molecule has 0 amide bonds. The van der Waals surface area contributed by atoms with E-state index in [1.165, 1.54) is 218 Å². The average molecular weight is 697 g/mol. The molecule has 2 spiro atoms. The number of hydrogen-bond donors (Lipinski definition) is 0. The van der Waals surface area contributed by atoms with Crippen LogP contribution in [0.5, 0.6) is 0 Å². The normalized spacial score (nSPS) is 24.9. The van der Waals surface area contributed by atoms with Crippen LogP contribution in [0, 0.1) is 22.7 Å². The fourth-order valence-electron chi connectivity index (χ4n) is 10.8. The minimum atomic E-state index is 0.557. The average Bonchev–Trinajstić information content (AvgIpc) is 3.10. The SMILES string of the molecule is CCCCCCCCCCCCCCCC(=O)C[C@H]1CCC2(CC1)CC1(CC[C@H](CC(=O)CCCCCCCCCCCCCCC)CC1)C2. The van der Waals surface area contributed by atoms with Crippen molar-refractivity contribution in [1.29, 1.82) is 0 Å². The third-order valence-corrected chi connectivity index (χ3v) is 14.0. The number of ketones is 2. The molecule has 0 aromatic carbocycles. The van der Waals surface area contributed by atoms with E-state index >= 15 is 0 Å². The van der Waals surface area contributed by atoms with E-state index in [-0.39, 0.29) is 0 Å². The summed E-state index contributed by atoms with van der Waals surface area (Å²) in [7, 11) is 0. The summed E-state index contributed by atoms with van der Waals surface area (Å²) in [4.78, 5) is 25.5. The van der Waals surface area contributed by atoms with Crippen molar-refractivity contribution in [2.45, 2.75) is 271 Å². The highest BCUT2D eigenvalue weighted by atomic mass is 16.1. The molecule has 0 heterocycles. The summed E-state index contributed by atoms with van der Waals surface area (Å²) in [6.07, 6.45) is 52.7. The molecule has 0 unspecified atom stereocenters. The molecule has 0 aromatic heterocycles. The Morgan fingerprint density at radius 2 is 0.620 bits per heavy atom. The van der Waals surface area contributed by atoms with E-state index in [4.69, 9.17) is 0 Å². The zero-order valence-corrected chi connectivity index (χ0v) is 34.3. The van der Waals surface area contributed by atoms with E-state index in [2.05, 4.69) is 13.8 Å². The van der Waals surface area contributed by atoms with Crippen LogP contribution in [-0.2, 0) is 9.59 Å². The van der Waals surface area contributed by atoms with Gasteiger partial charge in [-0.05, 0) is 99.7 Å². The van der Waals surface area contributed by atoms with Gasteiger partial charge in [0.2, 0.25) is 0 Å². The second kappa shape index (κ2) is 27.0. The van der Waals surface area contributed by atoms with Gasteiger partial charge in [0.25, 0.3) is 0 Å². The molecular formula is C48H88O2. The first-order valence-corrected chi connectivity index (χ1v) is 23.5.